The minimum Gasteiger partial charge on any atom is -0.299 e. The van der Waals surface area contributed by atoms with Crippen LogP contribution >= 0.6 is 11.6 Å². The minimum absolute atomic E-state index is 0.00362. The molecule has 0 spiro atoms. The van der Waals surface area contributed by atoms with Gasteiger partial charge in [0.05, 0.1) is 10.8 Å². The summed E-state index contributed by atoms with van der Waals surface area (Å²) in [5, 5.41) is 0.101. The van der Waals surface area contributed by atoms with E-state index in [1.807, 2.05) is 20.0 Å². The highest BCUT2D eigenvalue weighted by Crippen LogP contribution is 2.36. The van der Waals surface area contributed by atoms with Crippen molar-refractivity contribution in [2.45, 2.75) is 25.8 Å². The van der Waals surface area contributed by atoms with Gasteiger partial charge >= 0.3 is 0 Å². The number of hydrogen-bond acceptors (Lipinski definition) is 3. The standard InChI is InChI=1S/C15H22ClFN2O2S/c1-3-8-22(20,21)18-10-12-6-7-19(2)15(12)11-4-5-13(16)14(17)9-11/h4-5,9,12,15,18H,3,6-8,10H2,1-2H3/t12-,15+/m0/s1. The van der Waals surface area contributed by atoms with E-state index in [4.69, 9.17) is 11.6 Å². The molecular formula is C15H22ClFN2O2S. The first-order valence-electron chi connectivity index (χ1n) is 7.46. The summed E-state index contributed by atoms with van der Waals surface area (Å²) >= 11 is 5.74. The molecule has 2 rings (SSSR count). The minimum atomic E-state index is -3.22. The predicted molar refractivity (Wildman–Crippen MR) is 87.0 cm³/mol. The molecule has 0 unspecified atom stereocenters. The first-order valence-corrected chi connectivity index (χ1v) is 9.49. The normalized spacial score (nSPS) is 23.1. The molecule has 0 aliphatic carbocycles. The highest BCUT2D eigenvalue weighted by molar-refractivity contribution is 7.89. The molecular weight excluding hydrogens is 327 g/mol. The average Bonchev–Trinajstić information content (AvgIpc) is 2.81. The molecule has 1 saturated heterocycles. The molecule has 2 atom stereocenters. The van der Waals surface area contributed by atoms with Crippen LogP contribution < -0.4 is 4.72 Å². The van der Waals surface area contributed by atoms with Gasteiger partial charge in [0.2, 0.25) is 10.0 Å². The third-order valence-corrected chi connectivity index (χ3v) is 5.96. The van der Waals surface area contributed by atoms with E-state index in [9.17, 15) is 12.8 Å². The maximum atomic E-state index is 13.7. The number of halogens is 2. The number of nitrogens with one attached hydrogen (secondary N) is 1. The summed E-state index contributed by atoms with van der Waals surface area (Å²) < 4.78 is 40.0. The fraction of sp³-hybridized carbons (Fsp3) is 0.600. The molecule has 0 aromatic heterocycles. The van der Waals surface area contributed by atoms with E-state index < -0.39 is 15.8 Å². The summed E-state index contributed by atoms with van der Waals surface area (Å²) in [4.78, 5) is 2.13. The van der Waals surface area contributed by atoms with Crippen LogP contribution in [-0.2, 0) is 10.0 Å². The van der Waals surface area contributed by atoms with Gasteiger partial charge in [-0.05, 0) is 50.0 Å². The third-order valence-electron chi connectivity index (χ3n) is 4.10. The molecule has 0 bridgehead atoms. The molecule has 124 valence electrons. The number of benzene rings is 1. The van der Waals surface area contributed by atoms with Crippen LogP contribution in [0.4, 0.5) is 4.39 Å². The van der Waals surface area contributed by atoms with Crippen molar-refractivity contribution in [2.75, 3.05) is 25.9 Å². The monoisotopic (exact) mass is 348 g/mol. The molecule has 0 saturated carbocycles. The Morgan fingerprint density at radius 1 is 1.45 bits per heavy atom. The van der Waals surface area contributed by atoms with Crippen LogP contribution in [0, 0.1) is 11.7 Å². The number of nitrogens with zero attached hydrogens (tertiary/aromatic N) is 1. The fourth-order valence-electron chi connectivity index (χ4n) is 3.04. The van der Waals surface area contributed by atoms with Crippen molar-refractivity contribution in [3.63, 3.8) is 0 Å². The lowest BCUT2D eigenvalue weighted by Crippen LogP contribution is -2.33. The van der Waals surface area contributed by atoms with Gasteiger partial charge in [-0.1, -0.05) is 24.6 Å². The second-order valence-corrected chi connectivity index (χ2v) is 8.15. The van der Waals surface area contributed by atoms with E-state index in [0.29, 0.717) is 13.0 Å². The number of rotatable bonds is 6. The molecule has 0 amide bonds. The Bertz CT molecular complexity index is 624. The van der Waals surface area contributed by atoms with Gasteiger partial charge in [0.25, 0.3) is 0 Å². The lowest BCUT2D eigenvalue weighted by Gasteiger charge is -2.26. The zero-order valence-electron chi connectivity index (χ0n) is 12.9. The zero-order chi connectivity index (χ0) is 16.3. The van der Waals surface area contributed by atoms with E-state index >= 15 is 0 Å². The molecule has 1 fully saturated rings. The Labute approximate surface area is 136 Å². The third kappa shape index (κ3) is 4.19. The molecule has 1 aromatic carbocycles. The van der Waals surface area contributed by atoms with Gasteiger partial charge in [0, 0.05) is 12.6 Å². The van der Waals surface area contributed by atoms with Crippen molar-refractivity contribution < 1.29 is 12.8 Å². The van der Waals surface area contributed by atoms with Gasteiger partial charge in [-0.25, -0.2) is 17.5 Å². The lowest BCUT2D eigenvalue weighted by molar-refractivity contribution is 0.276. The van der Waals surface area contributed by atoms with E-state index in [1.54, 1.807) is 6.07 Å². The van der Waals surface area contributed by atoms with Crippen LogP contribution in [-0.4, -0.2) is 39.2 Å². The molecule has 1 heterocycles. The molecule has 4 nitrogen and oxygen atoms in total. The van der Waals surface area contributed by atoms with Gasteiger partial charge in [0.15, 0.2) is 0 Å². The van der Waals surface area contributed by atoms with E-state index in [2.05, 4.69) is 9.62 Å². The van der Waals surface area contributed by atoms with Gasteiger partial charge in [-0.3, -0.25) is 4.90 Å². The summed E-state index contributed by atoms with van der Waals surface area (Å²) in [6.45, 7) is 3.07. The van der Waals surface area contributed by atoms with Crippen molar-refractivity contribution in [1.82, 2.24) is 9.62 Å². The van der Waals surface area contributed by atoms with Crippen LogP contribution in [0.1, 0.15) is 31.4 Å². The van der Waals surface area contributed by atoms with Crippen LogP contribution in [0.5, 0.6) is 0 Å². The maximum absolute atomic E-state index is 13.7. The predicted octanol–water partition coefficient (Wildman–Crippen LogP) is 2.80. The average molecular weight is 349 g/mol. The molecule has 22 heavy (non-hydrogen) atoms. The van der Waals surface area contributed by atoms with E-state index in [0.717, 1.165) is 18.5 Å². The molecule has 1 aliphatic rings. The van der Waals surface area contributed by atoms with Crippen molar-refractivity contribution in [3.8, 4) is 0 Å². The van der Waals surface area contributed by atoms with E-state index in [1.165, 1.54) is 6.07 Å². The van der Waals surface area contributed by atoms with Crippen LogP contribution in [0.25, 0.3) is 0 Å². The Morgan fingerprint density at radius 3 is 2.82 bits per heavy atom. The highest BCUT2D eigenvalue weighted by Gasteiger charge is 2.33. The SMILES string of the molecule is CCCS(=O)(=O)NC[C@@H]1CCN(C)[C@@H]1c1ccc(Cl)c(F)c1. The summed E-state index contributed by atoms with van der Waals surface area (Å²) in [5.74, 6) is -0.183. The lowest BCUT2D eigenvalue weighted by atomic mass is 9.94. The molecule has 1 N–H and O–H groups in total. The van der Waals surface area contributed by atoms with Crippen molar-refractivity contribution in [1.29, 1.82) is 0 Å². The second-order valence-electron chi connectivity index (χ2n) is 5.82. The summed E-state index contributed by atoms with van der Waals surface area (Å²) in [6, 6.07) is 4.81. The Kier molecular flexibility index (Phi) is 5.82. The smallest absolute Gasteiger partial charge is 0.211 e. The van der Waals surface area contributed by atoms with Crippen molar-refractivity contribution in [2.24, 2.45) is 5.92 Å². The summed E-state index contributed by atoms with van der Waals surface area (Å²) in [5.41, 5.74) is 0.835. The first kappa shape index (κ1) is 17.7. The topological polar surface area (TPSA) is 49.4 Å². The quantitative estimate of drug-likeness (QED) is 0.860. The highest BCUT2D eigenvalue weighted by atomic mass is 35.5. The fourth-order valence-corrected chi connectivity index (χ4v) is 4.31. The first-order chi connectivity index (χ1) is 10.3. The maximum Gasteiger partial charge on any atom is 0.211 e. The molecule has 1 aromatic rings. The number of sulfonamides is 1. The van der Waals surface area contributed by atoms with Gasteiger partial charge in [-0.2, -0.15) is 0 Å². The van der Waals surface area contributed by atoms with Crippen molar-refractivity contribution >= 4 is 21.6 Å². The van der Waals surface area contributed by atoms with Gasteiger partial charge in [0.1, 0.15) is 5.82 Å². The zero-order valence-corrected chi connectivity index (χ0v) is 14.4. The van der Waals surface area contributed by atoms with Crippen molar-refractivity contribution in [3.05, 3.63) is 34.6 Å². The summed E-state index contributed by atoms with van der Waals surface area (Å²) in [6.07, 6.45) is 1.46. The van der Waals surface area contributed by atoms with Gasteiger partial charge < -0.3 is 0 Å². The Hall–Kier alpha value is -0.690. The van der Waals surface area contributed by atoms with Gasteiger partial charge in [-0.15, -0.1) is 0 Å². The van der Waals surface area contributed by atoms with Crippen LogP contribution in [0.15, 0.2) is 18.2 Å². The Morgan fingerprint density at radius 2 is 2.18 bits per heavy atom. The number of hydrogen-bond donors (Lipinski definition) is 1. The summed E-state index contributed by atoms with van der Waals surface area (Å²) in [7, 11) is -1.25. The molecule has 1 aliphatic heterocycles. The molecule has 0 radical (unpaired) electrons. The van der Waals surface area contributed by atoms with Crippen LogP contribution in [0.3, 0.4) is 0 Å². The van der Waals surface area contributed by atoms with E-state index in [-0.39, 0.29) is 22.7 Å². The Balaban J connectivity index is 2.12. The largest absolute Gasteiger partial charge is 0.299 e. The number of likely N-dealkylation sites (tertiary alicyclic amines) is 1. The van der Waals surface area contributed by atoms with Crippen LogP contribution in [0.2, 0.25) is 5.02 Å². The second kappa shape index (κ2) is 7.25. The molecule has 7 heteroatoms.